The van der Waals surface area contributed by atoms with E-state index in [1.807, 2.05) is 12.3 Å². The molecule has 0 unspecified atom stereocenters. The highest BCUT2D eigenvalue weighted by molar-refractivity contribution is 7.09. The Bertz CT molecular complexity index is 744. The lowest BCUT2D eigenvalue weighted by Gasteiger charge is -2.18. The highest BCUT2D eigenvalue weighted by atomic mass is 32.1. The largest absolute Gasteiger partial charge is 0.482 e. The standard InChI is InChI=1S/C15H16N4O3S/c1-9-17-11(8-23-9)4-5-16-15(21)18-10-2-3-12-13(6-10)22-7-14(20)19-12/h2-3,6,8H,4-5,7H2,1H3,(H,19,20)(H2,16,18,21). The summed E-state index contributed by atoms with van der Waals surface area (Å²) in [5.74, 6) is 0.355. The van der Waals surface area contributed by atoms with Crippen LogP contribution in [0.2, 0.25) is 0 Å². The fourth-order valence-electron chi connectivity index (χ4n) is 2.15. The van der Waals surface area contributed by atoms with Crippen LogP contribution in [-0.2, 0) is 11.2 Å². The van der Waals surface area contributed by atoms with Gasteiger partial charge in [0.05, 0.1) is 16.4 Å². The fourth-order valence-corrected chi connectivity index (χ4v) is 2.80. The number of benzene rings is 1. The molecule has 1 aliphatic heterocycles. The number of amides is 3. The second kappa shape index (κ2) is 6.66. The average Bonchev–Trinajstić information content (AvgIpc) is 2.93. The molecule has 2 aromatic rings. The second-order valence-corrected chi connectivity index (χ2v) is 6.10. The molecule has 3 N–H and O–H groups in total. The van der Waals surface area contributed by atoms with Gasteiger partial charge >= 0.3 is 6.03 Å². The van der Waals surface area contributed by atoms with Crippen LogP contribution in [-0.4, -0.2) is 30.1 Å². The summed E-state index contributed by atoms with van der Waals surface area (Å²) in [5.41, 5.74) is 2.18. The van der Waals surface area contributed by atoms with Crippen LogP contribution in [0.25, 0.3) is 0 Å². The minimum atomic E-state index is -0.295. The summed E-state index contributed by atoms with van der Waals surface area (Å²) >= 11 is 1.60. The SMILES string of the molecule is Cc1nc(CCNC(=O)Nc2ccc3c(c2)OCC(=O)N3)cs1. The van der Waals surface area contributed by atoms with Crippen LogP contribution in [0.4, 0.5) is 16.2 Å². The van der Waals surface area contributed by atoms with Crippen LogP contribution in [0.3, 0.4) is 0 Å². The second-order valence-electron chi connectivity index (χ2n) is 5.04. The zero-order valence-electron chi connectivity index (χ0n) is 12.5. The number of anilines is 2. The van der Waals surface area contributed by atoms with Gasteiger partial charge in [-0.2, -0.15) is 0 Å². The molecule has 120 valence electrons. The van der Waals surface area contributed by atoms with Gasteiger partial charge in [-0.3, -0.25) is 4.79 Å². The van der Waals surface area contributed by atoms with Gasteiger partial charge in [0.1, 0.15) is 5.75 Å². The molecule has 3 amide bonds. The molecule has 0 saturated carbocycles. The number of ether oxygens (including phenoxy) is 1. The maximum Gasteiger partial charge on any atom is 0.319 e. The molecule has 0 aliphatic carbocycles. The Morgan fingerprint density at radius 1 is 1.48 bits per heavy atom. The summed E-state index contributed by atoms with van der Waals surface area (Å²) in [6.07, 6.45) is 0.692. The molecule has 3 rings (SSSR count). The maximum absolute atomic E-state index is 11.9. The van der Waals surface area contributed by atoms with Crippen molar-refractivity contribution in [2.75, 3.05) is 23.8 Å². The van der Waals surface area contributed by atoms with Crippen molar-refractivity contribution in [3.05, 3.63) is 34.3 Å². The average molecular weight is 332 g/mol. The fraction of sp³-hybridized carbons (Fsp3) is 0.267. The number of rotatable bonds is 4. The van der Waals surface area contributed by atoms with Crippen LogP contribution in [0, 0.1) is 6.92 Å². The number of aryl methyl sites for hydroxylation is 1. The Hall–Kier alpha value is -2.61. The highest BCUT2D eigenvalue weighted by Gasteiger charge is 2.16. The molecule has 1 aliphatic rings. The van der Waals surface area contributed by atoms with Crippen LogP contribution in [0.1, 0.15) is 10.7 Å². The number of thiazole rings is 1. The number of nitrogens with one attached hydrogen (secondary N) is 3. The van der Waals surface area contributed by atoms with E-state index in [1.165, 1.54) is 0 Å². The van der Waals surface area contributed by atoms with E-state index in [9.17, 15) is 9.59 Å². The summed E-state index contributed by atoms with van der Waals surface area (Å²) in [6.45, 7) is 2.44. The molecule has 0 atom stereocenters. The lowest BCUT2D eigenvalue weighted by atomic mass is 10.2. The number of nitrogens with zero attached hydrogens (tertiary/aromatic N) is 1. The number of carbonyl (C=O) groups excluding carboxylic acids is 2. The number of aromatic nitrogens is 1. The quantitative estimate of drug-likeness (QED) is 0.800. The van der Waals surface area contributed by atoms with Crippen molar-refractivity contribution in [3.8, 4) is 5.75 Å². The van der Waals surface area contributed by atoms with E-state index in [2.05, 4.69) is 20.9 Å². The zero-order chi connectivity index (χ0) is 16.2. The minimum Gasteiger partial charge on any atom is -0.482 e. The van der Waals surface area contributed by atoms with Crippen molar-refractivity contribution >= 4 is 34.6 Å². The van der Waals surface area contributed by atoms with E-state index >= 15 is 0 Å². The van der Waals surface area contributed by atoms with E-state index in [-0.39, 0.29) is 18.5 Å². The van der Waals surface area contributed by atoms with E-state index in [0.29, 0.717) is 30.1 Å². The third-order valence-corrected chi connectivity index (χ3v) is 4.03. The number of hydrogen-bond donors (Lipinski definition) is 3. The third kappa shape index (κ3) is 3.98. The molecule has 0 spiro atoms. The lowest BCUT2D eigenvalue weighted by Crippen LogP contribution is -2.30. The molecule has 0 radical (unpaired) electrons. The van der Waals surface area contributed by atoms with Crippen molar-refractivity contribution < 1.29 is 14.3 Å². The van der Waals surface area contributed by atoms with Crippen molar-refractivity contribution in [2.45, 2.75) is 13.3 Å². The molecular formula is C15H16N4O3S. The molecule has 2 heterocycles. The molecular weight excluding hydrogens is 316 g/mol. The van der Waals surface area contributed by atoms with Crippen LogP contribution < -0.4 is 20.7 Å². The normalized spacial score (nSPS) is 12.8. The Labute approximate surface area is 137 Å². The number of urea groups is 1. The summed E-state index contributed by atoms with van der Waals surface area (Å²) in [7, 11) is 0. The molecule has 8 heteroatoms. The van der Waals surface area contributed by atoms with E-state index in [0.717, 1.165) is 10.7 Å². The summed E-state index contributed by atoms with van der Waals surface area (Å²) in [4.78, 5) is 27.4. The van der Waals surface area contributed by atoms with Gasteiger partial charge in [-0.15, -0.1) is 11.3 Å². The van der Waals surface area contributed by atoms with E-state index in [1.54, 1.807) is 29.5 Å². The van der Waals surface area contributed by atoms with Crippen molar-refractivity contribution in [2.24, 2.45) is 0 Å². The summed E-state index contributed by atoms with van der Waals surface area (Å²) < 4.78 is 5.31. The van der Waals surface area contributed by atoms with Gasteiger partial charge in [0.2, 0.25) is 0 Å². The third-order valence-electron chi connectivity index (χ3n) is 3.21. The first-order valence-corrected chi connectivity index (χ1v) is 8.01. The smallest absolute Gasteiger partial charge is 0.319 e. The first-order chi connectivity index (χ1) is 11.1. The van der Waals surface area contributed by atoms with Gasteiger partial charge in [-0.25, -0.2) is 9.78 Å². The topological polar surface area (TPSA) is 92.3 Å². The zero-order valence-corrected chi connectivity index (χ0v) is 13.3. The molecule has 0 bridgehead atoms. The molecule has 1 aromatic carbocycles. The van der Waals surface area contributed by atoms with Crippen LogP contribution in [0.15, 0.2) is 23.6 Å². The van der Waals surface area contributed by atoms with Gasteiger partial charge in [0, 0.05) is 30.1 Å². The van der Waals surface area contributed by atoms with Crippen molar-refractivity contribution in [3.63, 3.8) is 0 Å². The van der Waals surface area contributed by atoms with Crippen LogP contribution >= 0.6 is 11.3 Å². The van der Waals surface area contributed by atoms with Gasteiger partial charge in [-0.05, 0) is 19.1 Å². The highest BCUT2D eigenvalue weighted by Crippen LogP contribution is 2.30. The molecule has 23 heavy (non-hydrogen) atoms. The van der Waals surface area contributed by atoms with Crippen molar-refractivity contribution in [1.82, 2.24) is 10.3 Å². The van der Waals surface area contributed by atoms with Gasteiger partial charge in [0.25, 0.3) is 5.91 Å². The predicted molar refractivity (Wildman–Crippen MR) is 88.1 cm³/mol. The summed E-state index contributed by atoms with van der Waals surface area (Å²) in [5, 5.41) is 11.2. The van der Waals surface area contributed by atoms with Crippen molar-refractivity contribution in [1.29, 1.82) is 0 Å². The Morgan fingerprint density at radius 2 is 2.35 bits per heavy atom. The number of carbonyl (C=O) groups is 2. The maximum atomic E-state index is 11.9. The first kappa shape index (κ1) is 15.3. The number of hydrogen-bond acceptors (Lipinski definition) is 5. The van der Waals surface area contributed by atoms with Gasteiger partial charge < -0.3 is 20.7 Å². The Kier molecular flexibility index (Phi) is 4.42. The number of fused-ring (bicyclic) bond motifs is 1. The Balaban J connectivity index is 1.50. The van der Waals surface area contributed by atoms with Crippen LogP contribution in [0.5, 0.6) is 5.75 Å². The Morgan fingerprint density at radius 3 is 3.13 bits per heavy atom. The first-order valence-electron chi connectivity index (χ1n) is 7.13. The molecule has 1 aromatic heterocycles. The summed E-state index contributed by atoms with van der Waals surface area (Å²) in [6, 6.07) is 4.78. The van der Waals surface area contributed by atoms with E-state index < -0.39 is 0 Å². The van der Waals surface area contributed by atoms with Gasteiger partial charge in [-0.1, -0.05) is 0 Å². The van der Waals surface area contributed by atoms with E-state index in [4.69, 9.17) is 4.74 Å². The molecule has 0 fully saturated rings. The monoisotopic (exact) mass is 332 g/mol. The minimum absolute atomic E-state index is 0.0181. The molecule has 0 saturated heterocycles. The lowest BCUT2D eigenvalue weighted by molar-refractivity contribution is -0.118. The predicted octanol–water partition coefficient (Wildman–Crippen LogP) is 2.15. The molecule has 7 nitrogen and oxygen atoms in total. The van der Waals surface area contributed by atoms with Gasteiger partial charge in [0.15, 0.2) is 6.61 Å².